The van der Waals surface area contributed by atoms with Gasteiger partial charge >= 0.3 is 5.97 Å². The molecular weight excluding hydrogens is 270 g/mol. The van der Waals surface area contributed by atoms with Crippen LogP contribution in [0, 0.1) is 0 Å². The summed E-state index contributed by atoms with van der Waals surface area (Å²) in [6.07, 6.45) is 0. The monoisotopic (exact) mass is 287 g/mol. The number of methoxy groups -OCH3 is 1. The molecule has 0 aliphatic carbocycles. The van der Waals surface area contributed by atoms with Crippen LogP contribution in [-0.2, 0) is 14.3 Å². The molecule has 0 radical (unpaired) electrons. The second kappa shape index (κ2) is 8.61. The summed E-state index contributed by atoms with van der Waals surface area (Å²) < 4.78 is 15.0. The molecule has 1 aromatic rings. The molecule has 0 atom stereocenters. The van der Waals surface area contributed by atoms with Gasteiger partial charge in [0, 0.05) is 12.6 Å². The van der Waals surface area contributed by atoms with Crippen LogP contribution in [0.4, 0.5) is 5.69 Å². The molecule has 6 heteroatoms. The molecule has 0 aromatic heterocycles. The first-order chi connectivity index (χ1) is 9.17. The lowest BCUT2D eigenvalue weighted by Crippen LogP contribution is -2.16. The number of hydrogen-bond donors (Lipinski definition) is 1. The summed E-state index contributed by atoms with van der Waals surface area (Å²) in [5.41, 5.74) is 0.765. The van der Waals surface area contributed by atoms with Gasteiger partial charge in [-0.05, 0) is 19.1 Å². The van der Waals surface area contributed by atoms with Gasteiger partial charge in [0.15, 0.2) is 0 Å². The maximum absolute atomic E-state index is 11.0. The van der Waals surface area contributed by atoms with Gasteiger partial charge in [-0.25, -0.2) is 4.79 Å². The predicted octanol–water partition coefficient (Wildman–Crippen LogP) is 2.34. The van der Waals surface area contributed by atoms with Crippen molar-refractivity contribution in [2.24, 2.45) is 0 Å². The molecule has 0 amide bonds. The molecule has 0 unspecified atom stereocenters. The SMILES string of the molecule is CCOC(=O)COCCNc1cc(OC)ccc1Cl. The molecule has 0 spiro atoms. The highest BCUT2D eigenvalue weighted by Gasteiger charge is 2.03. The fraction of sp³-hybridized carbons (Fsp3) is 0.462. The van der Waals surface area contributed by atoms with E-state index >= 15 is 0 Å². The molecule has 0 bridgehead atoms. The van der Waals surface area contributed by atoms with E-state index in [2.05, 4.69) is 5.32 Å². The van der Waals surface area contributed by atoms with Gasteiger partial charge in [-0.1, -0.05) is 11.6 Å². The van der Waals surface area contributed by atoms with E-state index in [1.807, 2.05) is 0 Å². The normalized spacial score (nSPS) is 10.1. The van der Waals surface area contributed by atoms with E-state index in [1.54, 1.807) is 32.2 Å². The van der Waals surface area contributed by atoms with Gasteiger partial charge in [-0.2, -0.15) is 0 Å². The lowest BCUT2D eigenvalue weighted by molar-refractivity contribution is -0.148. The number of carbonyl (C=O) groups is 1. The summed E-state index contributed by atoms with van der Waals surface area (Å²) in [6.45, 7) is 2.99. The first kappa shape index (κ1) is 15.6. The quantitative estimate of drug-likeness (QED) is 0.587. The van der Waals surface area contributed by atoms with Crippen molar-refractivity contribution < 1.29 is 19.0 Å². The number of hydrogen-bond acceptors (Lipinski definition) is 5. The predicted molar refractivity (Wildman–Crippen MR) is 73.9 cm³/mol. The lowest BCUT2D eigenvalue weighted by atomic mass is 10.3. The smallest absolute Gasteiger partial charge is 0.332 e. The molecule has 1 N–H and O–H groups in total. The van der Waals surface area contributed by atoms with Crippen molar-refractivity contribution >= 4 is 23.3 Å². The molecule has 5 nitrogen and oxygen atoms in total. The molecule has 0 saturated carbocycles. The third-order valence-electron chi connectivity index (χ3n) is 2.26. The van der Waals surface area contributed by atoms with Crippen LogP contribution < -0.4 is 10.1 Å². The molecule has 0 heterocycles. The number of benzene rings is 1. The molecule has 1 aromatic carbocycles. The number of rotatable bonds is 8. The number of halogens is 1. The molecule has 0 saturated heterocycles. The van der Waals surface area contributed by atoms with Crippen LogP contribution in [-0.4, -0.2) is 39.4 Å². The molecule has 0 aliphatic heterocycles. The van der Waals surface area contributed by atoms with Crippen LogP contribution in [0.5, 0.6) is 5.75 Å². The Morgan fingerprint density at radius 2 is 2.21 bits per heavy atom. The summed E-state index contributed by atoms with van der Waals surface area (Å²) >= 11 is 6.02. The second-order valence-electron chi connectivity index (χ2n) is 3.63. The van der Waals surface area contributed by atoms with Gasteiger partial charge in [0.05, 0.1) is 31.0 Å². The lowest BCUT2D eigenvalue weighted by Gasteiger charge is -2.10. The first-order valence-electron chi connectivity index (χ1n) is 5.98. The van der Waals surface area contributed by atoms with Crippen molar-refractivity contribution in [1.29, 1.82) is 0 Å². The first-order valence-corrected chi connectivity index (χ1v) is 6.36. The van der Waals surface area contributed by atoms with Gasteiger partial charge in [0.25, 0.3) is 0 Å². The summed E-state index contributed by atoms with van der Waals surface area (Å²) in [7, 11) is 1.59. The molecular formula is C13H18ClNO4. The Hall–Kier alpha value is -1.46. The largest absolute Gasteiger partial charge is 0.497 e. The van der Waals surface area contributed by atoms with Crippen LogP contribution >= 0.6 is 11.6 Å². The Morgan fingerprint density at radius 3 is 2.89 bits per heavy atom. The third-order valence-corrected chi connectivity index (χ3v) is 2.59. The number of carbonyl (C=O) groups excluding carboxylic acids is 1. The van der Waals surface area contributed by atoms with E-state index < -0.39 is 0 Å². The molecule has 106 valence electrons. The summed E-state index contributed by atoms with van der Waals surface area (Å²) in [4.78, 5) is 11.0. The van der Waals surface area contributed by atoms with Crippen molar-refractivity contribution in [3.05, 3.63) is 23.2 Å². The van der Waals surface area contributed by atoms with Crippen LogP contribution in [0.25, 0.3) is 0 Å². The van der Waals surface area contributed by atoms with Crippen molar-refractivity contribution in [2.75, 3.05) is 38.8 Å². The molecule has 19 heavy (non-hydrogen) atoms. The minimum atomic E-state index is -0.359. The molecule has 0 aliphatic rings. The van der Waals surface area contributed by atoms with Gasteiger partial charge in [0.2, 0.25) is 0 Å². The van der Waals surface area contributed by atoms with Crippen molar-refractivity contribution in [3.8, 4) is 5.75 Å². The van der Waals surface area contributed by atoms with E-state index in [4.69, 9.17) is 25.8 Å². The third kappa shape index (κ3) is 5.81. The zero-order chi connectivity index (χ0) is 14.1. The number of nitrogens with one attached hydrogen (secondary N) is 1. The maximum Gasteiger partial charge on any atom is 0.332 e. The highest BCUT2D eigenvalue weighted by Crippen LogP contribution is 2.26. The number of esters is 1. The van der Waals surface area contributed by atoms with Crippen LogP contribution in [0.3, 0.4) is 0 Å². The molecule has 1 rings (SSSR count). The van der Waals surface area contributed by atoms with Crippen LogP contribution in [0.15, 0.2) is 18.2 Å². The highest BCUT2D eigenvalue weighted by atomic mass is 35.5. The Kier molecular flexibility index (Phi) is 7.07. The van der Waals surface area contributed by atoms with Crippen molar-refractivity contribution in [2.45, 2.75) is 6.92 Å². The zero-order valence-electron chi connectivity index (χ0n) is 11.1. The fourth-order valence-corrected chi connectivity index (χ4v) is 1.57. The summed E-state index contributed by atoms with van der Waals surface area (Å²) in [5.74, 6) is 0.362. The molecule has 0 fully saturated rings. The second-order valence-corrected chi connectivity index (χ2v) is 4.04. The van der Waals surface area contributed by atoms with Crippen LogP contribution in [0.2, 0.25) is 5.02 Å². The topological polar surface area (TPSA) is 56.8 Å². The summed E-state index contributed by atoms with van der Waals surface area (Å²) in [6, 6.07) is 5.33. The van der Waals surface area contributed by atoms with E-state index in [-0.39, 0.29) is 12.6 Å². The minimum absolute atomic E-state index is 0.0403. The van der Waals surface area contributed by atoms with Gasteiger partial charge in [-0.15, -0.1) is 0 Å². The highest BCUT2D eigenvalue weighted by molar-refractivity contribution is 6.33. The summed E-state index contributed by atoms with van der Waals surface area (Å²) in [5, 5.41) is 3.71. The van der Waals surface area contributed by atoms with E-state index in [1.165, 1.54) is 0 Å². The maximum atomic E-state index is 11.0. The van der Waals surface area contributed by atoms with Crippen LogP contribution in [0.1, 0.15) is 6.92 Å². The Labute approximate surface area is 117 Å². The average Bonchev–Trinajstić information content (AvgIpc) is 2.40. The van der Waals surface area contributed by atoms with Gasteiger partial charge in [-0.3, -0.25) is 0 Å². The Morgan fingerprint density at radius 1 is 1.42 bits per heavy atom. The Bertz CT molecular complexity index is 412. The average molecular weight is 288 g/mol. The van der Waals surface area contributed by atoms with Gasteiger partial charge in [0.1, 0.15) is 12.4 Å². The number of anilines is 1. The van der Waals surface area contributed by atoms with E-state index in [0.29, 0.717) is 24.8 Å². The van der Waals surface area contributed by atoms with E-state index in [9.17, 15) is 4.79 Å². The Balaban J connectivity index is 2.27. The standard InChI is InChI=1S/C13H18ClNO4/c1-3-19-13(16)9-18-7-6-15-12-8-10(17-2)4-5-11(12)14/h4-5,8,15H,3,6-7,9H2,1-2H3. The fourth-order valence-electron chi connectivity index (χ4n) is 1.38. The van der Waals surface area contributed by atoms with Crippen molar-refractivity contribution in [3.63, 3.8) is 0 Å². The van der Waals surface area contributed by atoms with Crippen molar-refractivity contribution in [1.82, 2.24) is 0 Å². The zero-order valence-corrected chi connectivity index (χ0v) is 11.8. The van der Waals surface area contributed by atoms with Gasteiger partial charge < -0.3 is 19.5 Å². The number of ether oxygens (including phenoxy) is 3. The minimum Gasteiger partial charge on any atom is -0.497 e. The van der Waals surface area contributed by atoms with E-state index in [0.717, 1.165) is 11.4 Å².